The number of fused-ring (bicyclic) bond motifs is 3. The van der Waals surface area contributed by atoms with E-state index in [9.17, 15) is 8.42 Å². The van der Waals surface area contributed by atoms with Crippen molar-refractivity contribution in [2.75, 3.05) is 19.6 Å². The van der Waals surface area contributed by atoms with Gasteiger partial charge in [-0.2, -0.15) is 0 Å². The van der Waals surface area contributed by atoms with Crippen LogP contribution in [0.3, 0.4) is 0 Å². The fourth-order valence-corrected chi connectivity index (χ4v) is 5.73. The van der Waals surface area contributed by atoms with Gasteiger partial charge >= 0.3 is 0 Å². The molecule has 4 atom stereocenters. The molecule has 2 bridgehead atoms. The van der Waals surface area contributed by atoms with Crippen LogP contribution in [0, 0.1) is 11.8 Å². The molecule has 0 saturated carbocycles. The molecule has 20 heavy (non-hydrogen) atoms. The fraction of sp³-hybridized carbons (Fsp3) is 0.714. The number of rotatable bonds is 5. The van der Waals surface area contributed by atoms with Crippen molar-refractivity contribution in [2.45, 2.75) is 36.4 Å². The Labute approximate surface area is 125 Å². The molecule has 3 fully saturated rings. The summed E-state index contributed by atoms with van der Waals surface area (Å²) in [7, 11) is -3.31. The lowest BCUT2D eigenvalue weighted by Crippen LogP contribution is -2.56. The third kappa shape index (κ3) is 2.79. The molecule has 1 N–H and O–H groups in total. The molecule has 0 aliphatic carbocycles. The van der Waals surface area contributed by atoms with E-state index >= 15 is 0 Å². The van der Waals surface area contributed by atoms with Crippen molar-refractivity contribution >= 4 is 21.4 Å². The zero-order valence-corrected chi connectivity index (χ0v) is 13.4. The highest BCUT2D eigenvalue weighted by Gasteiger charge is 2.39. The Bertz CT molecular complexity index is 542. The summed E-state index contributed by atoms with van der Waals surface area (Å²) in [5.74, 6) is 1.61. The van der Waals surface area contributed by atoms with Crippen molar-refractivity contribution in [1.82, 2.24) is 9.62 Å². The Morgan fingerprint density at radius 2 is 2.35 bits per heavy atom. The number of nitrogens with one attached hydrogen (secondary N) is 1. The van der Waals surface area contributed by atoms with Crippen molar-refractivity contribution in [1.29, 1.82) is 0 Å². The van der Waals surface area contributed by atoms with Crippen molar-refractivity contribution in [3.63, 3.8) is 0 Å². The predicted octanol–water partition coefficient (Wildman–Crippen LogP) is 2.15. The van der Waals surface area contributed by atoms with Crippen LogP contribution < -0.4 is 4.72 Å². The van der Waals surface area contributed by atoms with Crippen molar-refractivity contribution in [3.05, 3.63) is 17.5 Å². The van der Waals surface area contributed by atoms with Gasteiger partial charge in [-0.15, -0.1) is 11.3 Å². The summed E-state index contributed by atoms with van der Waals surface area (Å²) in [6.45, 7) is 5.09. The minimum absolute atomic E-state index is 0.381. The minimum Gasteiger partial charge on any atom is -0.299 e. The molecular formula is C14H22N2O2S2. The molecule has 6 heteroatoms. The summed E-state index contributed by atoms with van der Waals surface area (Å²) < 4.78 is 27.5. The lowest BCUT2D eigenvalue weighted by molar-refractivity contribution is 0.00237. The quantitative estimate of drug-likeness (QED) is 0.906. The maximum Gasteiger partial charge on any atom is 0.250 e. The van der Waals surface area contributed by atoms with Crippen molar-refractivity contribution in [2.24, 2.45) is 11.8 Å². The first-order valence-corrected chi connectivity index (χ1v) is 9.73. The van der Waals surface area contributed by atoms with Crippen LogP contribution in [0.4, 0.5) is 0 Å². The Kier molecular flexibility index (Phi) is 4.17. The van der Waals surface area contributed by atoms with E-state index in [0.29, 0.717) is 16.8 Å². The Morgan fingerprint density at radius 1 is 1.50 bits per heavy atom. The van der Waals surface area contributed by atoms with Crippen molar-refractivity contribution < 1.29 is 8.42 Å². The summed E-state index contributed by atoms with van der Waals surface area (Å²) in [6.07, 6.45) is 3.67. The molecule has 4 unspecified atom stereocenters. The van der Waals surface area contributed by atoms with Crippen LogP contribution in [0.25, 0.3) is 0 Å². The molecule has 0 amide bonds. The number of sulfonamides is 1. The van der Waals surface area contributed by atoms with Gasteiger partial charge in [0.05, 0.1) is 0 Å². The maximum absolute atomic E-state index is 12.1. The summed E-state index contributed by atoms with van der Waals surface area (Å²) in [6, 6.07) is 3.82. The number of hydrogen-bond donors (Lipinski definition) is 1. The molecule has 3 aliphatic rings. The van der Waals surface area contributed by atoms with Gasteiger partial charge in [-0.25, -0.2) is 13.1 Å². The van der Waals surface area contributed by atoms with Crippen LogP contribution in [-0.2, 0) is 10.0 Å². The van der Waals surface area contributed by atoms with Crippen LogP contribution in [0.5, 0.6) is 0 Å². The molecule has 4 rings (SSSR count). The molecule has 0 spiro atoms. The van der Waals surface area contributed by atoms with E-state index in [1.165, 1.54) is 24.2 Å². The van der Waals surface area contributed by atoms with E-state index < -0.39 is 10.0 Å². The van der Waals surface area contributed by atoms with Crippen molar-refractivity contribution in [3.8, 4) is 0 Å². The monoisotopic (exact) mass is 314 g/mol. The van der Waals surface area contributed by atoms with Gasteiger partial charge in [-0.05, 0) is 42.7 Å². The number of hydrogen-bond acceptors (Lipinski definition) is 4. The Morgan fingerprint density at radius 3 is 2.95 bits per heavy atom. The number of thiophene rings is 1. The van der Waals surface area contributed by atoms with Gasteiger partial charge in [-0.1, -0.05) is 19.4 Å². The third-order valence-corrected chi connectivity index (χ3v) is 7.63. The predicted molar refractivity (Wildman–Crippen MR) is 81.4 cm³/mol. The second kappa shape index (κ2) is 5.75. The van der Waals surface area contributed by atoms with Gasteiger partial charge in [0, 0.05) is 19.1 Å². The Hall–Kier alpha value is -0.430. The van der Waals surface area contributed by atoms with E-state index in [1.807, 2.05) is 0 Å². The van der Waals surface area contributed by atoms with E-state index in [2.05, 4.69) is 16.5 Å². The standard InChI is InChI=1S/C14H22N2O2S2/c1-2-11-10-16-6-5-12(11)8-13(16)9-15-20(17,18)14-4-3-7-19-14/h3-4,7,11-13,15H,2,5-6,8-10H2,1H3. The van der Waals surface area contributed by atoms with Gasteiger partial charge in [0.2, 0.25) is 10.0 Å². The van der Waals surface area contributed by atoms with E-state index in [-0.39, 0.29) is 0 Å². The van der Waals surface area contributed by atoms with Crippen LogP contribution >= 0.6 is 11.3 Å². The van der Waals surface area contributed by atoms with Crippen LogP contribution in [0.2, 0.25) is 0 Å². The molecule has 0 radical (unpaired) electrons. The smallest absolute Gasteiger partial charge is 0.250 e. The Balaban J connectivity index is 1.60. The number of nitrogens with zero attached hydrogens (tertiary/aromatic N) is 1. The number of piperidine rings is 3. The normalized spacial score (nSPS) is 33.5. The first kappa shape index (κ1) is 14.5. The summed E-state index contributed by atoms with van der Waals surface area (Å²) in [5, 5.41) is 1.80. The van der Waals surface area contributed by atoms with Gasteiger partial charge in [-0.3, -0.25) is 4.90 Å². The van der Waals surface area contributed by atoms with Gasteiger partial charge in [0.25, 0.3) is 0 Å². The molecule has 3 saturated heterocycles. The van der Waals surface area contributed by atoms with E-state index in [1.54, 1.807) is 17.5 Å². The first-order chi connectivity index (χ1) is 9.60. The maximum atomic E-state index is 12.1. The zero-order valence-electron chi connectivity index (χ0n) is 11.8. The lowest BCUT2D eigenvalue weighted by atomic mass is 9.74. The average molecular weight is 314 g/mol. The highest BCUT2D eigenvalue weighted by molar-refractivity contribution is 7.91. The largest absolute Gasteiger partial charge is 0.299 e. The molecule has 1 aromatic rings. The topological polar surface area (TPSA) is 49.4 Å². The molecule has 4 heterocycles. The second-order valence-corrected chi connectivity index (χ2v) is 8.83. The van der Waals surface area contributed by atoms with Crippen LogP contribution in [0.15, 0.2) is 21.7 Å². The van der Waals surface area contributed by atoms with Crippen LogP contribution in [-0.4, -0.2) is 39.0 Å². The summed E-state index contributed by atoms with van der Waals surface area (Å²) >= 11 is 1.27. The van der Waals surface area contributed by atoms with Crippen LogP contribution in [0.1, 0.15) is 26.2 Å². The first-order valence-electron chi connectivity index (χ1n) is 7.37. The van der Waals surface area contributed by atoms with E-state index in [0.717, 1.165) is 31.3 Å². The summed E-state index contributed by atoms with van der Waals surface area (Å²) in [5.41, 5.74) is 0. The van der Waals surface area contributed by atoms with Gasteiger partial charge in [0.1, 0.15) is 4.21 Å². The van der Waals surface area contributed by atoms with Gasteiger partial charge in [0.15, 0.2) is 0 Å². The molecule has 112 valence electrons. The minimum atomic E-state index is -3.31. The highest BCUT2D eigenvalue weighted by Crippen LogP contribution is 2.37. The fourth-order valence-electron chi connectivity index (χ4n) is 3.62. The highest BCUT2D eigenvalue weighted by atomic mass is 32.2. The van der Waals surface area contributed by atoms with Gasteiger partial charge < -0.3 is 0 Å². The van der Waals surface area contributed by atoms with E-state index in [4.69, 9.17) is 0 Å². The second-order valence-electron chi connectivity index (χ2n) is 5.89. The molecule has 1 aromatic heterocycles. The summed E-state index contributed by atoms with van der Waals surface area (Å²) in [4.78, 5) is 2.48. The molecular weight excluding hydrogens is 292 g/mol. The zero-order chi connectivity index (χ0) is 14.2. The molecule has 4 nitrogen and oxygen atoms in total. The average Bonchev–Trinajstić information content (AvgIpc) is 3.01. The molecule has 3 aliphatic heterocycles. The SMILES string of the molecule is CCC1CN2CCC1CC2CNS(=O)(=O)c1cccs1. The third-order valence-electron chi connectivity index (χ3n) is 4.81. The lowest BCUT2D eigenvalue weighted by Gasteiger charge is -2.49. The molecule has 0 aromatic carbocycles.